The Balaban J connectivity index is 1.01. The van der Waals surface area contributed by atoms with Crippen LogP contribution in [0.2, 0.25) is 0 Å². The molecule has 0 aromatic rings. The number of ether oxygens (including phenoxy) is 21. The van der Waals surface area contributed by atoms with E-state index in [4.69, 9.17) is 99.5 Å². The second-order valence-corrected chi connectivity index (χ2v) is 34.5. The maximum Gasteiger partial charge on any atom is 0.217 e. The molecule has 0 aromatic carbocycles. The fourth-order valence-electron chi connectivity index (χ4n) is 17.8. The van der Waals surface area contributed by atoms with E-state index in [9.17, 15) is 172 Å². The number of nitrogens with one attached hydrogen (secondary N) is 5. The van der Waals surface area contributed by atoms with Crippen molar-refractivity contribution in [2.75, 3.05) is 66.1 Å². The maximum absolute atomic E-state index is 13.7. The summed E-state index contributed by atoms with van der Waals surface area (Å²) in [4.78, 5) is 65.4. The molecule has 11 rings (SSSR count). The molecule has 0 aromatic heterocycles. The van der Waals surface area contributed by atoms with Crippen LogP contribution >= 0.6 is 0 Å². The molecular weight excluding hydrogens is 1860 g/mol. The number of rotatable bonds is 35. The summed E-state index contributed by atoms with van der Waals surface area (Å²) in [5, 5.41) is 340. The predicted molar refractivity (Wildman–Crippen MR) is 419 cm³/mol. The monoisotopic (exact) mass is 1990 g/mol. The lowest BCUT2D eigenvalue weighted by molar-refractivity contribution is -0.409. The fourth-order valence-corrected chi connectivity index (χ4v) is 17.8. The van der Waals surface area contributed by atoms with E-state index in [0.29, 0.717) is 0 Å². The average molecular weight is 1990 g/mol. The van der Waals surface area contributed by atoms with E-state index >= 15 is 0 Å². The Labute approximate surface area is 770 Å². The van der Waals surface area contributed by atoms with Crippen molar-refractivity contribution in [3.05, 3.63) is 0 Å². The van der Waals surface area contributed by atoms with Crippen molar-refractivity contribution in [2.24, 2.45) is 0 Å². The van der Waals surface area contributed by atoms with Gasteiger partial charge < -0.3 is 274 Å². The summed E-state index contributed by atoms with van der Waals surface area (Å²) >= 11 is 0. The third-order valence-corrected chi connectivity index (χ3v) is 24.9. The third-order valence-electron chi connectivity index (χ3n) is 24.9. The molecule has 0 radical (unpaired) electrons. The normalized spacial score (nSPS) is 49.2. The molecule has 60 heteroatoms. The summed E-state index contributed by atoms with van der Waals surface area (Å²) in [5.74, 6) is -4.87. The van der Waals surface area contributed by atoms with Gasteiger partial charge in [-0.1, -0.05) is 0 Å². The Morgan fingerprint density at radius 3 is 0.897 bits per heavy atom. The molecule has 11 fully saturated rings. The number of aliphatic hydroxyl groups excluding tert-OH is 29. The van der Waals surface area contributed by atoms with Crippen molar-refractivity contribution in [3.63, 3.8) is 0 Å². The number of aliphatic hydroxyl groups is 29. The van der Waals surface area contributed by atoms with Gasteiger partial charge in [0.05, 0.1) is 72.2 Å². The van der Waals surface area contributed by atoms with E-state index in [1.807, 2.05) is 0 Å². The highest BCUT2D eigenvalue weighted by Gasteiger charge is 2.64. The van der Waals surface area contributed by atoms with E-state index in [0.717, 1.165) is 34.6 Å². The molecule has 11 aliphatic rings. The molecule has 11 aliphatic heterocycles. The van der Waals surface area contributed by atoms with Crippen LogP contribution in [0.25, 0.3) is 0 Å². The van der Waals surface area contributed by atoms with Gasteiger partial charge in [0.2, 0.25) is 29.5 Å². The van der Waals surface area contributed by atoms with Crippen LogP contribution < -0.4 is 26.6 Å². The summed E-state index contributed by atoms with van der Waals surface area (Å²) in [5.41, 5.74) is 0. The second kappa shape index (κ2) is 48.8. The molecule has 11 saturated heterocycles. The van der Waals surface area contributed by atoms with Crippen LogP contribution in [0.3, 0.4) is 0 Å². The third kappa shape index (κ3) is 24.6. The minimum absolute atomic E-state index is 0.826. The van der Waals surface area contributed by atoms with Crippen molar-refractivity contribution in [1.29, 1.82) is 0 Å². The topological polar surface area (TPSA) is 926 Å². The highest BCUT2D eigenvalue weighted by molar-refractivity contribution is 5.75. The van der Waals surface area contributed by atoms with E-state index in [-0.39, 0.29) is 0 Å². The molecule has 786 valence electrons. The van der Waals surface area contributed by atoms with Gasteiger partial charge in [-0.25, -0.2) is 0 Å². The van der Waals surface area contributed by atoms with Crippen LogP contribution in [-0.4, -0.2) is 581 Å². The fraction of sp³-hybridized carbons (Fsp3) is 0.934. The van der Waals surface area contributed by atoms with E-state index < -0.39 is 433 Å². The molecule has 0 spiro atoms. The minimum atomic E-state index is -2.75. The number of carbonyl (C=O) groups is 5. The first-order chi connectivity index (χ1) is 64.3. The second-order valence-electron chi connectivity index (χ2n) is 34.5. The first-order valence-electron chi connectivity index (χ1n) is 43.5. The van der Waals surface area contributed by atoms with Gasteiger partial charge in [-0.2, -0.15) is 0 Å². The summed E-state index contributed by atoms with van der Waals surface area (Å²) in [6, 6.07) is -9.85. The quantitative estimate of drug-likeness (QED) is 0.0280. The smallest absolute Gasteiger partial charge is 0.217 e. The summed E-state index contributed by atoms with van der Waals surface area (Å²) in [6.07, 6.45) is -109. The Hall–Kier alpha value is -4.65. The van der Waals surface area contributed by atoms with Crippen molar-refractivity contribution in [3.8, 4) is 0 Å². The van der Waals surface area contributed by atoms with Crippen molar-refractivity contribution >= 4 is 29.5 Å². The van der Waals surface area contributed by atoms with Gasteiger partial charge in [-0.05, 0) is 6.92 Å². The molecule has 5 amide bonds. The zero-order valence-corrected chi connectivity index (χ0v) is 73.4. The van der Waals surface area contributed by atoms with Gasteiger partial charge in [-0.3, -0.25) is 24.0 Å². The Morgan fingerprint density at radius 2 is 0.471 bits per heavy atom. The standard InChI is InChI=1S/C76H127N5O55/c1-17-38(96)48(106)52(110)71(117-17)133-62-37(81-22(6)95)70(125-31(15-90)61(62)132-73-54(112)50(108)41(99)25(9-84)121-73)129-60-30(14-89)126-76(65(55(60)113)136-69-36(80-21(5)94)47(105)58(28(12-87)124-69)130-72-53(111)49(107)40(98)24(8-83)120-72)134-63-43(101)32(16-116-75-64(51(109)42(100)26(10-85)122-75)135-67-34(78-19(3)92)44(102)39(97)23(7-82)119-67)127-74(56(63)114)131-59-29(13-88)123-68(35(46(59)104)79-20(4)93)128-57-27(11-86)118-66(115)33(45(57)103)77-18(2)91/h17,23-76,82-90,96-115H,7-16H2,1-6H3,(H,77,91)(H,78,92)(H,79,93)(H,80,94)(H,81,95)/t17-,23+,24+,25+,26+,27+,28+,29+,30+,31+,32+,33+,34+,35+,36+,37+,38+,39+,40-,41-,42+,43+,44+,45+,46+,47+,48+,49-,50-,51-,52-,53+,54+,55-,56-,57+,58+,59+,60+,61+,62+,63-,64-,65-,66+,67-,68-,69-,70-,71-,72-,73-,74-,75-,76+/m0/s1. The zero-order valence-electron chi connectivity index (χ0n) is 73.4. The molecular formula is C76H127N5O55. The molecule has 11 heterocycles. The SMILES string of the molecule is CC(=O)N[C@@H]1[C@@H](O)[C@H](O[C@@H]2O[C@H](CO)[C@@H](O[C@@H]3O[C@H](CO[C@H]4O[C@H](CO)[C@@H](O)[C@H](O)[C@@H]4O[C@@H]4O[C@H](CO)[C@@H](O)[C@H](O)[C@H]4NC(C)=O)[C@@H](O)[C@H](O[C@H]4O[C@H](CO)[C@@H](O[C@@H]5O[C@H](CO)[C@@H](O[C@@H]6O[C@H](CO)[C@H](O)[C@H](O)[C@H]6O)[C@H](O[C@@H]6O[C@@H](C)[C@@H](O)[C@@H](O)[C@@H]6O)[C@H]5NC(C)=O)[C@H](O)[C@@H]4O[C@@H]4O[C@H](CO)[C@@H](O[C@@H]5O[C@H](CO)[C@H](O)[C@H](O)[C@H]5O)[C@H](O)[C@H]4NC(C)=O)[C@@H]3O)[C@H](O)[C@H]2NC(C)=O)[C@@H](CO)O[C@H]1O. The van der Waals surface area contributed by atoms with Crippen LogP contribution in [0.4, 0.5) is 0 Å². The molecule has 55 atom stereocenters. The van der Waals surface area contributed by atoms with E-state index in [1.54, 1.807) is 0 Å². The first kappa shape index (κ1) is 112. The van der Waals surface area contributed by atoms with Gasteiger partial charge in [0.1, 0.15) is 262 Å². The molecule has 136 heavy (non-hydrogen) atoms. The summed E-state index contributed by atoms with van der Waals surface area (Å²) < 4.78 is 128. The zero-order chi connectivity index (χ0) is 100. The Kier molecular flexibility index (Phi) is 40.1. The first-order valence-corrected chi connectivity index (χ1v) is 43.5. The van der Waals surface area contributed by atoms with Crippen LogP contribution in [0.1, 0.15) is 41.5 Å². The largest absolute Gasteiger partial charge is 0.394 e. The van der Waals surface area contributed by atoms with Crippen molar-refractivity contribution in [1.82, 2.24) is 26.6 Å². The van der Waals surface area contributed by atoms with Gasteiger partial charge >= 0.3 is 0 Å². The van der Waals surface area contributed by atoms with Crippen LogP contribution in [-0.2, 0) is 123 Å². The van der Waals surface area contributed by atoms with E-state index in [1.165, 1.54) is 6.92 Å². The molecule has 0 saturated carbocycles. The lowest BCUT2D eigenvalue weighted by Crippen LogP contribution is -2.72. The number of hydrogen-bond acceptors (Lipinski definition) is 55. The minimum Gasteiger partial charge on any atom is -0.394 e. The van der Waals surface area contributed by atoms with Crippen LogP contribution in [0.5, 0.6) is 0 Å². The molecule has 0 bridgehead atoms. The molecule has 0 unspecified atom stereocenters. The highest BCUT2D eigenvalue weighted by atomic mass is 16.8. The summed E-state index contributed by atoms with van der Waals surface area (Å²) in [7, 11) is 0. The van der Waals surface area contributed by atoms with Gasteiger partial charge in [-0.15, -0.1) is 0 Å². The lowest BCUT2D eigenvalue weighted by Gasteiger charge is -2.53. The van der Waals surface area contributed by atoms with E-state index in [2.05, 4.69) is 26.6 Å². The van der Waals surface area contributed by atoms with Gasteiger partial charge in [0.25, 0.3) is 0 Å². The average Bonchev–Trinajstić information content (AvgIpc) is 0.755. The number of hydrogen-bond donors (Lipinski definition) is 34. The predicted octanol–water partition coefficient (Wildman–Crippen LogP) is -23.2. The summed E-state index contributed by atoms with van der Waals surface area (Å²) in [6.45, 7) is -6.13. The van der Waals surface area contributed by atoms with Gasteiger partial charge in [0, 0.05) is 34.6 Å². The molecule has 34 N–H and O–H groups in total. The van der Waals surface area contributed by atoms with Gasteiger partial charge in [0.15, 0.2) is 69.2 Å². The maximum atomic E-state index is 13.7. The number of amides is 5. The van der Waals surface area contributed by atoms with Crippen LogP contribution in [0, 0.1) is 0 Å². The van der Waals surface area contributed by atoms with Crippen LogP contribution in [0.15, 0.2) is 0 Å². The van der Waals surface area contributed by atoms with Crippen molar-refractivity contribution in [2.45, 2.75) is 379 Å². The highest BCUT2D eigenvalue weighted by Crippen LogP contribution is 2.43. The molecule has 0 aliphatic carbocycles. The van der Waals surface area contributed by atoms with Crippen molar-refractivity contribution < 1.29 is 272 Å². The molecule has 60 nitrogen and oxygen atoms in total. The number of carbonyl (C=O) groups excluding carboxylic acids is 5. The Morgan fingerprint density at radius 1 is 0.206 bits per heavy atom. The lowest BCUT2D eigenvalue weighted by atomic mass is 9.93. The Bertz CT molecular complexity index is 3760.